The van der Waals surface area contributed by atoms with Gasteiger partial charge in [0.15, 0.2) is 5.78 Å². The predicted octanol–water partition coefficient (Wildman–Crippen LogP) is 3.12. The molecule has 1 aromatic rings. The van der Waals surface area contributed by atoms with Crippen molar-refractivity contribution in [2.24, 2.45) is 5.92 Å². The van der Waals surface area contributed by atoms with Crippen molar-refractivity contribution in [2.45, 2.75) is 12.8 Å². The molecule has 4 heteroatoms. The van der Waals surface area contributed by atoms with Gasteiger partial charge in [-0.3, -0.25) is 4.79 Å². The van der Waals surface area contributed by atoms with Crippen LogP contribution in [0.15, 0.2) is 15.9 Å². The Balaban J connectivity index is 2.07. The van der Waals surface area contributed by atoms with Crippen LogP contribution in [0.4, 0.5) is 0 Å². The monoisotopic (exact) mass is 274 g/mol. The third-order valence-corrected chi connectivity index (χ3v) is 4.05. The zero-order valence-electron chi connectivity index (χ0n) is 7.66. The van der Waals surface area contributed by atoms with E-state index in [9.17, 15) is 4.79 Å². The van der Waals surface area contributed by atoms with E-state index in [4.69, 9.17) is 4.74 Å². The fourth-order valence-electron chi connectivity index (χ4n) is 1.59. The fraction of sp³-hybridized carbons (Fsp3) is 0.500. The van der Waals surface area contributed by atoms with Crippen molar-refractivity contribution in [2.75, 3.05) is 13.2 Å². The molecule has 2 nitrogen and oxygen atoms in total. The zero-order chi connectivity index (χ0) is 9.97. The number of Topliss-reactive ketones (excluding diaryl/α,β-unsaturated/α-hetero) is 1. The van der Waals surface area contributed by atoms with Crippen LogP contribution in [0.25, 0.3) is 0 Å². The van der Waals surface area contributed by atoms with Crippen molar-refractivity contribution < 1.29 is 9.53 Å². The normalized spacial score (nSPS) is 22.2. The van der Waals surface area contributed by atoms with Gasteiger partial charge in [-0.15, -0.1) is 11.3 Å². The van der Waals surface area contributed by atoms with Crippen molar-refractivity contribution in [1.82, 2.24) is 0 Å². The number of hydrogen-bond donors (Lipinski definition) is 0. The smallest absolute Gasteiger partial charge is 0.178 e. The number of carbonyl (C=O) groups is 1. The summed E-state index contributed by atoms with van der Waals surface area (Å²) in [7, 11) is 0. The van der Waals surface area contributed by atoms with Crippen LogP contribution in [-0.4, -0.2) is 19.0 Å². The molecule has 1 fully saturated rings. The van der Waals surface area contributed by atoms with Crippen molar-refractivity contribution >= 4 is 33.0 Å². The fourth-order valence-corrected chi connectivity index (χ4v) is 3.04. The Morgan fingerprint density at radius 2 is 2.50 bits per heavy atom. The molecule has 2 heterocycles. The summed E-state index contributed by atoms with van der Waals surface area (Å²) in [4.78, 5) is 12.8. The highest BCUT2D eigenvalue weighted by molar-refractivity contribution is 9.10. The molecule has 1 aromatic heterocycles. The first-order chi connectivity index (χ1) is 6.77. The van der Waals surface area contributed by atoms with E-state index in [1.54, 1.807) is 0 Å². The molecule has 1 unspecified atom stereocenters. The van der Waals surface area contributed by atoms with Gasteiger partial charge in [0.1, 0.15) is 0 Å². The molecule has 0 radical (unpaired) electrons. The standard InChI is InChI=1S/C10H11BrO2S/c11-8-4-9(14-6-8)10(12)7-2-1-3-13-5-7/h4,6-7H,1-3,5H2. The molecule has 0 amide bonds. The van der Waals surface area contributed by atoms with Crippen LogP contribution in [0.1, 0.15) is 22.5 Å². The number of halogens is 1. The van der Waals surface area contributed by atoms with E-state index >= 15 is 0 Å². The van der Waals surface area contributed by atoms with E-state index in [-0.39, 0.29) is 11.7 Å². The Labute approximate surface area is 95.4 Å². The van der Waals surface area contributed by atoms with Crippen molar-refractivity contribution in [1.29, 1.82) is 0 Å². The summed E-state index contributed by atoms with van der Waals surface area (Å²) >= 11 is 4.85. The lowest BCUT2D eigenvalue weighted by Gasteiger charge is -2.19. The molecule has 1 aliphatic heterocycles. The van der Waals surface area contributed by atoms with Crippen LogP contribution in [0, 0.1) is 5.92 Å². The summed E-state index contributed by atoms with van der Waals surface area (Å²) in [5, 5.41) is 1.94. The minimum atomic E-state index is 0.0781. The first-order valence-corrected chi connectivity index (χ1v) is 6.30. The molecule has 1 aliphatic rings. The van der Waals surface area contributed by atoms with Gasteiger partial charge in [-0.2, -0.15) is 0 Å². The number of ether oxygens (including phenoxy) is 1. The predicted molar refractivity (Wildman–Crippen MR) is 59.9 cm³/mol. The summed E-state index contributed by atoms with van der Waals surface area (Å²) in [5.74, 6) is 0.315. The molecule has 0 aromatic carbocycles. The lowest BCUT2D eigenvalue weighted by Crippen LogP contribution is -2.24. The number of hydrogen-bond acceptors (Lipinski definition) is 3. The minimum absolute atomic E-state index is 0.0781. The Morgan fingerprint density at radius 3 is 3.07 bits per heavy atom. The molecule has 76 valence electrons. The SMILES string of the molecule is O=C(c1cc(Br)cs1)C1CCCOC1. The maximum absolute atomic E-state index is 11.9. The zero-order valence-corrected chi connectivity index (χ0v) is 10.1. The number of carbonyl (C=O) groups excluding carboxylic acids is 1. The molecule has 0 spiro atoms. The van der Waals surface area contributed by atoms with E-state index in [2.05, 4.69) is 15.9 Å². The van der Waals surface area contributed by atoms with E-state index in [1.165, 1.54) is 11.3 Å². The van der Waals surface area contributed by atoms with Crippen LogP contribution >= 0.6 is 27.3 Å². The first kappa shape index (κ1) is 10.3. The molecule has 1 atom stereocenters. The summed E-state index contributed by atoms with van der Waals surface area (Å²) in [6, 6.07) is 1.89. The average Bonchev–Trinajstić information content (AvgIpc) is 2.65. The number of thiophene rings is 1. The summed E-state index contributed by atoms with van der Waals surface area (Å²) < 4.78 is 6.29. The lowest BCUT2D eigenvalue weighted by molar-refractivity contribution is 0.0464. The lowest BCUT2D eigenvalue weighted by atomic mass is 9.97. The van der Waals surface area contributed by atoms with Crippen LogP contribution in [-0.2, 0) is 4.74 Å². The molecule has 14 heavy (non-hydrogen) atoms. The molecule has 2 rings (SSSR count). The summed E-state index contributed by atoms with van der Waals surface area (Å²) in [5.41, 5.74) is 0. The maximum Gasteiger partial charge on any atom is 0.178 e. The van der Waals surface area contributed by atoms with Gasteiger partial charge in [0, 0.05) is 22.4 Å². The highest BCUT2D eigenvalue weighted by Gasteiger charge is 2.23. The van der Waals surface area contributed by atoms with Crippen molar-refractivity contribution in [3.8, 4) is 0 Å². The second-order valence-electron chi connectivity index (χ2n) is 3.41. The van der Waals surface area contributed by atoms with Crippen LogP contribution in [0.3, 0.4) is 0 Å². The topological polar surface area (TPSA) is 26.3 Å². The Hall–Kier alpha value is -0.190. The second kappa shape index (κ2) is 4.55. The first-order valence-electron chi connectivity index (χ1n) is 4.63. The largest absolute Gasteiger partial charge is 0.381 e. The van der Waals surface area contributed by atoms with Crippen molar-refractivity contribution in [3.63, 3.8) is 0 Å². The van der Waals surface area contributed by atoms with E-state index in [1.807, 2.05) is 11.4 Å². The van der Waals surface area contributed by atoms with Crippen LogP contribution < -0.4 is 0 Å². The Morgan fingerprint density at radius 1 is 1.64 bits per heavy atom. The number of rotatable bonds is 2. The van der Waals surface area contributed by atoms with E-state index in [0.717, 1.165) is 28.8 Å². The van der Waals surface area contributed by atoms with Gasteiger partial charge >= 0.3 is 0 Å². The van der Waals surface area contributed by atoms with E-state index in [0.29, 0.717) is 6.61 Å². The average molecular weight is 275 g/mol. The molecule has 1 saturated heterocycles. The van der Waals surface area contributed by atoms with Gasteiger partial charge in [-0.25, -0.2) is 0 Å². The third-order valence-electron chi connectivity index (χ3n) is 2.34. The molecule has 0 saturated carbocycles. The Bertz CT molecular complexity index is 329. The third kappa shape index (κ3) is 2.24. The van der Waals surface area contributed by atoms with Crippen molar-refractivity contribution in [3.05, 3.63) is 20.8 Å². The molecule has 0 bridgehead atoms. The maximum atomic E-state index is 11.9. The van der Waals surface area contributed by atoms with Gasteiger partial charge in [-0.05, 0) is 34.8 Å². The number of ketones is 1. The minimum Gasteiger partial charge on any atom is -0.381 e. The van der Waals surface area contributed by atoms with E-state index < -0.39 is 0 Å². The summed E-state index contributed by atoms with van der Waals surface area (Å²) in [6.07, 6.45) is 1.97. The highest BCUT2D eigenvalue weighted by Crippen LogP contribution is 2.25. The van der Waals surface area contributed by atoms with Crippen LogP contribution in [0.5, 0.6) is 0 Å². The summed E-state index contributed by atoms with van der Waals surface area (Å²) in [6.45, 7) is 1.40. The second-order valence-corrected chi connectivity index (χ2v) is 5.23. The van der Waals surface area contributed by atoms with Gasteiger partial charge in [0.05, 0.1) is 11.5 Å². The Kier molecular flexibility index (Phi) is 3.36. The quantitative estimate of drug-likeness (QED) is 0.775. The molecule has 0 N–H and O–H groups in total. The van der Waals surface area contributed by atoms with Gasteiger partial charge in [-0.1, -0.05) is 0 Å². The molecular formula is C10H11BrO2S. The molecule has 0 aliphatic carbocycles. The highest BCUT2D eigenvalue weighted by atomic mass is 79.9. The van der Waals surface area contributed by atoms with Gasteiger partial charge in [0.2, 0.25) is 0 Å². The van der Waals surface area contributed by atoms with Gasteiger partial charge < -0.3 is 4.74 Å². The molecular weight excluding hydrogens is 264 g/mol. The van der Waals surface area contributed by atoms with Gasteiger partial charge in [0.25, 0.3) is 0 Å². The van der Waals surface area contributed by atoms with Crippen LogP contribution in [0.2, 0.25) is 0 Å².